The van der Waals surface area contributed by atoms with Crippen LogP contribution in [0.3, 0.4) is 0 Å². The first-order valence-corrected chi connectivity index (χ1v) is 5.90. The fraction of sp³-hybridized carbons (Fsp3) is 0.429. The van der Waals surface area contributed by atoms with Crippen molar-refractivity contribution >= 4 is 11.8 Å². The maximum absolute atomic E-state index is 11.6. The van der Waals surface area contributed by atoms with Crippen LogP contribution in [0.5, 0.6) is 0 Å². The highest BCUT2D eigenvalue weighted by molar-refractivity contribution is 5.82. The van der Waals surface area contributed by atoms with Crippen LogP contribution in [0.25, 0.3) is 0 Å². The lowest BCUT2D eigenvalue weighted by atomic mass is 10.1. The Kier molecular flexibility index (Phi) is 5.52. The number of ether oxygens (including phenoxy) is 1. The first-order chi connectivity index (χ1) is 8.47. The Bertz CT molecular complexity index is 406. The summed E-state index contributed by atoms with van der Waals surface area (Å²) in [4.78, 5) is 22.1. The molecule has 18 heavy (non-hydrogen) atoms. The van der Waals surface area contributed by atoms with E-state index in [1.165, 1.54) is 0 Å². The average molecular weight is 250 g/mol. The van der Waals surface area contributed by atoms with Crippen molar-refractivity contribution in [2.45, 2.75) is 32.8 Å². The molecule has 4 heteroatoms. The summed E-state index contributed by atoms with van der Waals surface area (Å²) in [5.74, 6) is -0.834. The van der Waals surface area contributed by atoms with Gasteiger partial charge in [-0.05, 0) is 25.0 Å². The molecule has 1 N–H and O–H groups in total. The smallest absolute Gasteiger partial charge is 0.307 e. The predicted octanol–water partition coefficient (Wildman–Crippen LogP) is 1.85. The lowest BCUT2D eigenvalue weighted by molar-refractivity contribution is -0.136. The predicted molar refractivity (Wildman–Crippen MR) is 67.6 cm³/mol. The van der Waals surface area contributed by atoms with Crippen molar-refractivity contribution in [3.05, 3.63) is 35.4 Å². The van der Waals surface area contributed by atoms with Crippen molar-refractivity contribution in [3.63, 3.8) is 0 Å². The van der Waals surface area contributed by atoms with E-state index in [9.17, 15) is 9.59 Å². The van der Waals surface area contributed by atoms with Gasteiger partial charge in [-0.1, -0.05) is 24.3 Å². The van der Waals surface area contributed by atoms with Gasteiger partial charge in [0.25, 0.3) is 0 Å². The second kappa shape index (κ2) is 6.91. The summed E-state index contributed by atoms with van der Waals surface area (Å²) in [6, 6.07) is 7.04. The van der Waals surface area contributed by atoms with E-state index in [1.54, 1.807) is 24.3 Å². The molecule has 1 aromatic rings. The van der Waals surface area contributed by atoms with E-state index in [-0.39, 0.29) is 24.9 Å². The SMILES string of the molecule is CC(C)OCC(=O)Cc1ccc(CC(=O)O)cc1. The van der Waals surface area contributed by atoms with Gasteiger partial charge in [-0.3, -0.25) is 9.59 Å². The van der Waals surface area contributed by atoms with E-state index < -0.39 is 5.97 Å². The van der Waals surface area contributed by atoms with Crippen molar-refractivity contribution in [2.75, 3.05) is 6.61 Å². The molecule has 0 saturated heterocycles. The molecule has 0 aliphatic heterocycles. The molecule has 4 nitrogen and oxygen atoms in total. The van der Waals surface area contributed by atoms with E-state index in [0.29, 0.717) is 6.42 Å². The third-order valence-electron chi connectivity index (χ3n) is 2.36. The zero-order valence-electron chi connectivity index (χ0n) is 10.7. The lowest BCUT2D eigenvalue weighted by Crippen LogP contribution is -2.15. The number of hydrogen-bond donors (Lipinski definition) is 1. The molecular formula is C14H18O4. The van der Waals surface area contributed by atoms with Crippen molar-refractivity contribution < 1.29 is 19.4 Å². The summed E-state index contributed by atoms with van der Waals surface area (Å²) in [5, 5.41) is 8.63. The second-order valence-corrected chi connectivity index (χ2v) is 4.46. The van der Waals surface area contributed by atoms with Crippen LogP contribution in [0.2, 0.25) is 0 Å². The topological polar surface area (TPSA) is 63.6 Å². The third kappa shape index (κ3) is 5.59. The number of aliphatic carboxylic acids is 1. The van der Waals surface area contributed by atoms with Crippen molar-refractivity contribution in [2.24, 2.45) is 0 Å². The monoisotopic (exact) mass is 250 g/mol. The molecule has 0 bridgehead atoms. The average Bonchev–Trinajstić information content (AvgIpc) is 2.28. The molecule has 0 radical (unpaired) electrons. The number of Topliss-reactive ketones (excluding diaryl/α,β-unsaturated/α-hetero) is 1. The summed E-state index contributed by atoms with van der Waals surface area (Å²) in [6.45, 7) is 3.89. The summed E-state index contributed by atoms with van der Waals surface area (Å²) >= 11 is 0. The molecular weight excluding hydrogens is 232 g/mol. The molecule has 0 aliphatic carbocycles. The Morgan fingerprint density at radius 3 is 2.06 bits per heavy atom. The number of benzene rings is 1. The Morgan fingerprint density at radius 2 is 1.61 bits per heavy atom. The Balaban J connectivity index is 2.48. The van der Waals surface area contributed by atoms with Crippen LogP contribution in [-0.4, -0.2) is 29.6 Å². The number of carbonyl (C=O) groups is 2. The van der Waals surface area contributed by atoms with Crippen LogP contribution in [0.4, 0.5) is 0 Å². The minimum absolute atomic E-state index is 0.00465. The minimum atomic E-state index is -0.857. The van der Waals surface area contributed by atoms with Crippen molar-refractivity contribution in [3.8, 4) is 0 Å². The van der Waals surface area contributed by atoms with Crippen LogP contribution >= 0.6 is 0 Å². The first kappa shape index (κ1) is 14.4. The standard InChI is InChI=1S/C14H18O4/c1-10(2)18-9-13(15)7-11-3-5-12(6-4-11)8-14(16)17/h3-6,10H,7-9H2,1-2H3,(H,16,17). The highest BCUT2D eigenvalue weighted by Gasteiger charge is 2.06. The molecule has 0 spiro atoms. The summed E-state index contributed by atoms with van der Waals surface area (Å²) < 4.78 is 5.22. The third-order valence-corrected chi connectivity index (χ3v) is 2.36. The quantitative estimate of drug-likeness (QED) is 0.802. The first-order valence-electron chi connectivity index (χ1n) is 5.90. The highest BCUT2D eigenvalue weighted by atomic mass is 16.5. The number of ketones is 1. The summed E-state index contributed by atoms with van der Waals surface area (Å²) in [6.07, 6.45) is 0.372. The summed E-state index contributed by atoms with van der Waals surface area (Å²) in [7, 11) is 0. The molecule has 0 heterocycles. The van der Waals surface area contributed by atoms with Gasteiger partial charge in [-0.2, -0.15) is 0 Å². The molecule has 0 atom stereocenters. The van der Waals surface area contributed by atoms with Crippen LogP contribution in [0.15, 0.2) is 24.3 Å². The van der Waals surface area contributed by atoms with Crippen LogP contribution in [-0.2, 0) is 27.2 Å². The molecule has 0 aliphatic rings. The molecule has 0 unspecified atom stereocenters. The summed E-state index contributed by atoms with van der Waals surface area (Å²) in [5.41, 5.74) is 1.61. The maximum Gasteiger partial charge on any atom is 0.307 e. The van der Waals surface area contributed by atoms with Crippen LogP contribution in [0, 0.1) is 0 Å². The van der Waals surface area contributed by atoms with Gasteiger partial charge < -0.3 is 9.84 Å². The zero-order valence-corrected chi connectivity index (χ0v) is 10.7. The zero-order chi connectivity index (χ0) is 13.5. The Morgan fingerprint density at radius 1 is 1.11 bits per heavy atom. The highest BCUT2D eigenvalue weighted by Crippen LogP contribution is 2.07. The Hall–Kier alpha value is -1.68. The number of carboxylic acids is 1. The Labute approximate surface area is 107 Å². The molecule has 98 valence electrons. The van der Waals surface area contributed by atoms with Gasteiger partial charge in [-0.25, -0.2) is 0 Å². The number of rotatable bonds is 7. The number of hydrogen-bond acceptors (Lipinski definition) is 3. The molecule has 0 aromatic heterocycles. The van der Waals surface area contributed by atoms with Crippen LogP contribution < -0.4 is 0 Å². The van der Waals surface area contributed by atoms with Gasteiger partial charge in [0.1, 0.15) is 6.61 Å². The lowest BCUT2D eigenvalue weighted by Gasteiger charge is -2.06. The van der Waals surface area contributed by atoms with Gasteiger partial charge >= 0.3 is 5.97 Å². The maximum atomic E-state index is 11.6. The molecule has 1 rings (SSSR count). The van der Waals surface area contributed by atoms with E-state index in [4.69, 9.17) is 9.84 Å². The molecule has 0 amide bonds. The number of carboxylic acid groups (broad SMARTS) is 1. The van der Waals surface area contributed by atoms with Gasteiger partial charge in [0, 0.05) is 6.42 Å². The van der Waals surface area contributed by atoms with E-state index >= 15 is 0 Å². The fourth-order valence-corrected chi connectivity index (χ4v) is 1.49. The molecule has 1 aromatic carbocycles. The number of carbonyl (C=O) groups excluding carboxylic acids is 1. The van der Waals surface area contributed by atoms with Gasteiger partial charge in [0.2, 0.25) is 0 Å². The second-order valence-electron chi connectivity index (χ2n) is 4.46. The van der Waals surface area contributed by atoms with Gasteiger partial charge in [0.05, 0.1) is 12.5 Å². The van der Waals surface area contributed by atoms with Crippen LogP contribution in [0.1, 0.15) is 25.0 Å². The fourth-order valence-electron chi connectivity index (χ4n) is 1.49. The van der Waals surface area contributed by atoms with E-state index in [1.807, 2.05) is 13.8 Å². The van der Waals surface area contributed by atoms with Crippen molar-refractivity contribution in [1.82, 2.24) is 0 Å². The normalized spacial score (nSPS) is 10.6. The minimum Gasteiger partial charge on any atom is -0.481 e. The largest absolute Gasteiger partial charge is 0.481 e. The molecule has 0 fully saturated rings. The van der Waals surface area contributed by atoms with Gasteiger partial charge in [0.15, 0.2) is 5.78 Å². The molecule has 0 saturated carbocycles. The van der Waals surface area contributed by atoms with Crippen molar-refractivity contribution in [1.29, 1.82) is 0 Å². The van der Waals surface area contributed by atoms with E-state index in [0.717, 1.165) is 11.1 Å². The van der Waals surface area contributed by atoms with Gasteiger partial charge in [-0.15, -0.1) is 0 Å². The van der Waals surface area contributed by atoms with E-state index in [2.05, 4.69) is 0 Å².